The Morgan fingerprint density at radius 1 is 1.28 bits per heavy atom. The highest BCUT2D eigenvalue weighted by Crippen LogP contribution is 2.29. The summed E-state index contributed by atoms with van der Waals surface area (Å²) in [6, 6.07) is 8.73. The molecule has 2 N–H and O–H groups in total. The molecule has 18 heavy (non-hydrogen) atoms. The van der Waals surface area contributed by atoms with E-state index in [1.54, 1.807) is 0 Å². The Balaban J connectivity index is 2.93. The number of nitrogens with two attached hydrogens (primary N) is 1. The summed E-state index contributed by atoms with van der Waals surface area (Å²) in [6.45, 7) is 7.67. The Labute approximate surface area is 120 Å². The van der Waals surface area contributed by atoms with E-state index in [2.05, 4.69) is 66.8 Å². The molecule has 102 valence electrons. The maximum atomic E-state index is 6.19. The van der Waals surface area contributed by atoms with E-state index in [-0.39, 0.29) is 12.1 Å². The lowest BCUT2D eigenvalue weighted by molar-refractivity contribution is 0.189. The molecule has 0 aliphatic carbocycles. The quantitative estimate of drug-likeness (QED) is 0.865. The van der Waals surface area contributed by atoms with E-state index < -0.39 is 0 Å². The monoisotopic (exact) mass is 312 g/mol. The Bertz CT molecular complexity index is 365. The van der Waals surface area contributed by atoms with Gasteiger partial charge in [-0.3, -0.25) is 4.90 Å². The highest BCUT2D eigenvalue weighted by Gasteiger charge is 2.23. The molecule has 0 saturated carbocycles. The molecule has 0 spiro atoms. The average Bonchev–Trinajstić information content (AvgIpc) is 2.31. The Kier molecular flexibility index (Phi) is 6.33. The van der Waals surface area contributed by atoms with Crippen molar-refractivity contribution in [2.75, 3.05) is 13.6 Å². The summed E-state index contributed by atoms with van der Waals surface area (Å²) in [4.78, 5) is 2.37. The maximum absolute atomic E-state index is 6.19. The second-order valence-electron chi connectivity index (χ2n) is 5.28. The van der Waals surface area contributed by atoms with Crippen LogP contribution in [-0.2, 0) is 0 Å². The van der Waals surface area contributed by atoms with Gasteiger partial charge in [0.05, 0.1) is 6.04 Å². The van der Waals surface area contributed by atoms with Crippen LogP contribution in [0.2, 0.25) is 0 Å². The molecule has 3 atom stereocenters. The number of benzene rings is 1. The predicted octanol–water partition coefficient (Wildman–Crippen LogP) is 3.82. The molecule has 3 heteroatoms. The van der Waals surface area contributed by atoms with E-state index in [0.717, 1.165) is 11.0 Å². The Morgan fingerprint density at radius 2 is 1.89 bits per heavy atom. The predicted molar refractivity (Wildman–Crippen MR) is 82.6 cm³/mol. The fourth-order valence-electron chi connectivity index (χ4n) is 2.37. The van der Waals surface area contributed by atoms with Crippen LogP contribution in [0, 0.1) is 5.92 Å². The third kappa shape index (κ3) is 4.08. The van der Waals surface area contributed by atoms with Crippen LogP contribution in [0.5, 0.6) is 0 Å². The van der Waals surface area contributed by atoms with E-state index in [4.69, 9.17) is 5.73 Å². The first kappa shape index (κ1) is 15.7. The molecule has 0 aliphatic heterocycles. The topological polar surface area (TPSA) is 29.3 Å². The van der Waals surface area contributed by atoms with Crippen LogP contribution < -0.4 is 5.73 Å². The lowest BCUT2D eigenvalue weighted by Gasteiger charge is -2.33. The van der Waals surface area contributed by atoms with Crippen molar-refractivity contribution in [1.82, 2.24) is 4.90 Å². The Hall–Kier alpha value is -0.380. The smallest absolute Gasteiger partial charge is 0.0504 e. The normalized spacial score (nSPS) is 16.6. The minimum Gasteiger partial charge on any atom is -0.326 e. The van der Waals surface area contributed by atoms with Gasteiger partial charge in [-0.2, -0.15) is 0 Å². The molecule has 0 amide bonds. The van der Waals surface area contributed by atoms with Crippen molar-refractivity contribution in [2.24, 2.45) is 11.7 Å². The molecule has 1 aromatic rings. The van der Waals surface area contributed by atoms with Crippen molar-refractivity contribution in [1.29, 1.82) is 0 Å². The highest BCUT2D eigenvalue weighted by molar-refractivity contribution is 9.10. The standard InChI is InChI=1S/C15H25BrN2/c1-5-11(2)10-18(4)15(12(3)17)13-8-6-7-9-14(13)16/h6-9,11-12,15H,5,10,17H2,1-4H3. The number of halogens is 1. The van der Waals surface area contributed by atoms with Crippen LogP contribution in [-0.4, -0.2) is 24.5 Å². The first-order valence-electron chi connectivity index (χ1n) is 6.67. The summed E-state index contributed by atoms with van der Waals surface area (Å²) in [5.74, 6) is 0.693. The largest absolute Gasteiger partial charge is 0.326 e. The summed E-state index contributed by atoms with van der Waals surface area (Å²) < 4.78 is 1.14. The van der Waals surface area contributed by atoms with Crippen molar-refractivity contribution >= 4 is 15.9 Å². The second-order valence-corrected chi connectivity index (χ2v) is 6.13. The van der Waals surface area contributed by atoms with Crippen LogP contribution in [0.25, 0.3) is 0 Å². The van der Waals surface area contributed by atoms with Gasteiger partial charge in [0.15, 0.2) is 0 Å². The van der Waals surface area contributed by atoms with E-state index in [9.17, 15) is 0 Å². The summed E-state index contributed by atoms with van der Waals surface area (Å²) in [6.07, 6.45) is 1.20. The SMILES string of the molecule is CCC(C)CN(C)C(c1ccccc1Br)C(C)N. The fraction of sp³-hybridized carbons (Fsp3) is 0.600. The van der Waals surface area contributed by atoms with Crippen molar-refractivity contribution in [3.8, 4) is 0 Å². The average molecular weight is 313 g/mol. The van der Waals surface area contributed by atoms with Crippen LogP contribution in [0.15, 0.2) is 28.7 Å². The number of nitrogens with zero attached hydrogens (tertiary/aromatic N) is 1. The molecule has 2 nitrogen and oxygen atoms in total. The molecule has 0 saturated heterocycles. The molecule has 1 aromatic carbocycles. The third-order valence-corrected chi connectivity index (χ3v) is 4.22. The first-order valence-corrected chi connectivity index (χ1v) is 7.46. The molecule has 0 radical (unpaired) electrons. The van der Waals surface area contributed by atoms with Gasteiger partial charge in [0.25, 0.3) is 0 Å². The molecule has 1 rings (SSSR count). The minimum atomic E-state index is 0.109. The maximum Gasteiger partial charge on any atom is 0.0504 e. The van der Waals surface area contributed by atoms with Crippen molar-refractivity contribution < 1.29 is 0 Å². The lowest BCUT2D eigenvalue weighted by atomic mass is 9.98. The zero-order valence-electron chi connectivity index (χ0n) is 11.9. The van der Waals surface area contributed by atoms with Crippen molar-refractivity contribution in [3.05, 3.63) is 34.3 Å². The fourth-order valence-corrected chi connectivity index (χ4v) is 2.89. The van der Waals surface area contributed by atoms with Gasteiger partial charge in [-0.05, 0) is 31.5 Å². The van der Waals surface area contributed by atoms with Gasteiger partial charge in [-0.25, -0.2) is 0 Å². The van der Waals surface area contributed by atoms with Crippen LogP contribution in [0.1, 0.15) is 38.8 Å². The molecule has 3 unspecified atom stereocenters. The summed E-state index contributed by atoms with van der Waals surface area (Å²) in [7, 11) is 2.17. The first-order chi connectivity index (χ1) is 8.47. The number of hydrogen-bond donors (Lipinski definition) is 1. The van der Waals surface area contributed by atoms with Gasteiger partial charge in [0.2, 0.25) is 0 Å². The van der Waals surface area contributed by atoms with Gasteiger partial charge < -0.3 is 5.73 Å². The minimum absolute atomic E-state index is 0.109. The molecule has 0 heterocycles. The Morgan fingerprint density at radius 3 is 2.39 bits per heavy atom. The van der Waals surface area contributed by atoms with Gasteiger partial charge in [0.1, 0.15) is 0 Å². The molecular weight excluding hydrogens is 288 g/mol. The summed E-state index contributed by atoms with van der Waals surface area (Å²) in [5.41, 5.74) is 7.47. The molecular formula is C15H25BrN2. The molecule has 0 fully saturated rings. The van der Waals surface area contributed by atoms with E-state index in [0.29, 0.717) is 5.92 Å². The van der Waals surface area contributed by atoms with E-state index in [1.165, 1.54) is 12.0 Å². The lowest BCUT2D eigenvalue weighted by Crippen LogP contribution is -2.39. The number of hydrogen-bond acceptors (Lipinski definition) is 2. The third-order valence-electron chi connectivity index (χ3n) is 3.49. The van der Waals surface area contributed by atoms with Crippen LogP contribution in [0.3, 0.4) is 0 Å². The van der Waals surface area contributed by atoms with Crippen molar-refractivity contribution in [3.63, 3.8) is 0 Å². The van der Waals surface area contributed by atoms with Gasteiger partial charge in [-0.1, -0.05) is 54.4 Å². The second kappa shape index (κ2) is 7.27. The van der Waals surface area contributed by atoms with Crippen molar-refractivity contribution in [2.45, 2.75) is 39.3 Å². The molecule has 0 aromatic heterocycles. The van der Waals surface area contributed by atoms with Gasteiger partial charge >= 0.3 is 0 Å². The summed E-state index contributed by atoms with van der Waals surface area (Å²) >= 11 is 3.63. The number of rotatable bonds is 6. The van der Waals surface area contributed by atoms with Crippen LogP contribution in [0.4, 0.5) is 0 Å². The van der Waals surface area contributed by atoms with Gasteiger partial charge in [0, 0.05) is 17.1 Å². The zero-order chi connectivity index (χ0) is 13.7. The zero-order valence-corrected chi connectivity index (χ0v) is 13.4. The highest BCUT2D eigenvalue weighted by atomic mass is 79.9. The molecule has 0 aliphatic rings. The van der Waals surface area contributed by atoms with Crippen LogP contribution >= 0.6 is 15.9 Å². The number of likely N-dealkylation sites (N-methyl/N-ethyl adjacent to an activating group) is 1. The van der Waals surface area contributed by atoms with E-state index in [1.807, 2.05) is 6.07 Å². The van der Waals surface area contributed by atoms with Gasteiger partial charge in [-0.15, -0.1) is 0 Å². The molecule has 0 bridgehead atoms. The summed E-state index contributed by atoms with van der Waals surface area (Å²) in [5, 5.41) is 0. The van der Waals surface area contributed by atoms with E-state index >= 15 is 0 Å².